The van der Waals surface area contributed by atoms with Crippen molar-refractivity contribution in [2.75, 3.05) is 22.6 Å². The number of anilines is 2. The Morgan fingerprint density at radius 2 is 2.22 bits per heavy atom. The van der Waals surface area contributed by atoms with E-state index in [1.165, 1.54) is 18.2 Å². The Balaban J connectivity index is 2.35. The van der Waals surface area contributed by atoms with Crippen LogP contribution >= 0.6 is 11.8 Å². The smallest absolute Gasteiger partial charge is 0.225 e. The Morgan fingerprint density at radius 3 is 2.83 bits per heavy atom. The number of carbonyl (C=O) groups excluding carboxylic acids is 1. The number of nitrogen functional groups attached to an aromatic ring is 1. The average molecular weight is 270 g/mol. The number of nitrogens with one attached hydrogen (secondary N) is 1. The molecule has 1 amide bonds. The summed E-state index contributed by atoms with van der Waals surface area (Å²) in [6.45, 7) is 4.29. The van der Waals surface area contributed by atoms with Crippen molar-refractivity contribution in [1.29, 1.82) is 0 Å². The second kappa shape index (κ2) is 7.26. The molecule has 0 saturated heterocycles. The Hall–Kier alpha value is -1.23. The van der Waals surface area contributed by atoms with Crippen molar-refractivity contribution in [3.05, 3.63) is 24.0 Å². The SMILES string of the molecule is CC(C)CSCCC(=O)Nc1ccc(F)cc1N. The molecule has 0 aliphatic rings. The zero-order valence-corrected chi connectivity index (χ0v) is 11.5. The highest BCUT2D eigenvalue weighted by Gasteiger charge is 2.06. The summed E-state index contributed by atoms with van der Waals surface area (Å²) >= 11 is 1.75. The molecule has 5 heteroatoms. The number of halogens is 1. The van der Waals surface area contributed by atoms with Gasteiger partial charge in [0.25, 0.3) is 0 Å². The maximum Gasteiger partial charge on any atom is 0.225 e. The van der Waals surface area contributed by atoms with E-state index >= 15 is 0 Å². The molecule has 1 rings (SSSR count). The van der Waals surface area contributed by atoms with E-state index in [1.54, 1.807) is 11.8 Å². The first-order chi connectivity index (χ1) is 8.49. The summed E-state index contributed by atoms with van der Waals surface area (Å²) in [4.78, 5) is 11.6. The molecule has 0 atom stereocenters. The molecule has 0 heterocycles. The molecule has 0 fully saturated rings. The standard InChI is InChI=1S/C13H19FN2OS/c1-9(2)8-18-6-5-13(17)16-12-4-3-10(14)7-11(12)15/h3-4,7,9H,5-6,8,15H2,1-2H3,(H,16,17). The second-order valence-corrected chi connectivity index (χ2v) is 5.65. The summed E-state index contributed by atoms with van der Waals surface area (Å²) in [5.41, 5.74) is 6.32. The van der Waals surface area contributed by atoms with E-state index in [2.05, 4.69) is 19.2 Å². The number of amides is 1. The highest BCUT2D eigenvalue weighted by molar-refractivity contribution is 7.99. The van der Waals surface area contributed by atoms with Gasteiger partial charge in [-0.25, -0.2) is 4.39 Å². The molecule has 0 bridgehead atoms. The zero-order chi connectivity index (χ0) is 13.5. The van der Waals surface area contributed by atoms with E-state index in [0.717, 1.165) is 11.5 Å². The topological polar surface area (TPSA) is 55.1 Å². The van der Waals surface area contributed by atoms with Crippen molar-refractivity contribution in [3.8, 4) is 0 Å². The molecular weight excluding hydrogens is 251 g/mol. The molecule has 0 radical (unpaired) electrons. The van der Waals surface area contributed by atoms with Crippen LogP contribution in [0.5, 0.6) is 0 Å². The van der Waals surface area contributed by atoms with Crippen LogP contribution in [0.2, 0.25) is 0 Å². The third kappa shape index (κ3) is 5.40. The number of hydrogen-bond acceptors (Lipinski definition) is 3. The van der Waals surface area contributed by atoms with Gasteiger partial charge in [0, 0.05) is 12.2 Å². The summed E-state index contributed by atoms with van der Waals surface area (Å²) in [5.74, 6) is 1.96. The van der Waals surface area contributed by atoms with Crippen LogP contribution < -0.4 is 11.1 Å². The molecule has 0 aliphatic heterocycles. The van der Waals surface area contributed by atoms with Crippen LogP contribution in [0.25, 0.3) is 0 Å². The fourth-order valence-electron chi connectivity index (χ4n) is 1.34. The molecule has 0 aliphatic carbocycles. The van der Waals surface area contributed by atoms with Crippen molar-refractivity contribution in [2.24, 2.45) is 5.92 Å². The molecule has 0 spiro atoms. The van der Waals surface area contributed by atoms with Crippen molar-refractivity contribution in [2.45, 2.75) is 20.3 Å². The van der Waals surface area contributed by atoms with E-state index in [0.29, 0.717) is 18.0 Å². The largest absolute Gasteiger partial charge is 0.397 e. The van der Waals surface area contributed by atoms with Gasteiger partial charge in [-0.05, 0) is 29.9 Å². The number of nitrogens with two attached hydrogens (primary N) is 1. The lowest BCUT2D eigenvalue weighted by Gasteiger charge is -2.08. The van der Waals surface area contributed by atoms with Crippen molar-refractivity contribution >= 4 is 29.0 Å². The number of hydrogen-bond donors (Lipinski definition) is 2. The lowest BCUT2D eigenvalue weighted by molar-refractivity contribution is -0.115. The number of thioether (sulfide) groups is 1. The van der Waals surface area contributed by atoms with E-state index < -0.39 is 5.82 Å². The molecule has 18 heavy (non-hydrogen) atoms. The van der Waals surface area contributed by atoms with Crippen LogP contribution in [0.15, 0.2) is 18.2 Å². The Bertz CT molecular complexity index is 410. The van der Waals surface area contributed by atoms with Gasteiger partial charge in [0.1, 0.15) is 5.82 Å². The van der Waals surface area contributed by atoms with Crippen LogP contribution in [0, 0.1) is 11.7 Å². The molecule has 0 unspecified atom stereocenters. The van der Waals surface area contributed by atoms with Crippen LogP contribution in [-0.4, -0.2) is 17.4 Å². The van der Waals surface area contributed by atoms with Crippen LogP contribution in [0.3, 0.4) is 0 Å². The normalized spacial score (nSPS) is 10.7. The quantitative estimate of drug-likeness (QED) is 0.617. The van der Waals surface area contributed by atoms with E-state index in [9.17, 15) is 9.18 Å². The van der Waals surface area contributed by atoms with Gasteiger partial charge in [0.2, 0.25) is 5.91 Å². The van der Waals surface area contributed by atoms with E-state index in [-0.39, 0.29) is 11.6 Å². The lowest BCUT2D eigenvalue weighted by atomic mass is 10.2. The van der Waals surface area contributed by atoms with Gasteiger partial charge < -0.3 is 11.1 Å². The van der Waals surface area contributed by atoms with E-state index in [1.807, 2.05) is 0 Å². The highest BCUT2D eigenvalue weighted by atomic mass is 32.2. The summed E-state index contributed by atoms with van der Waals surface area (Å²) in [6.07, 6.45) is 0.439. The highest BCUT2D eigenvalue weighted by Crippen LogP contribution is 2.19. The molecule has 3 N–H and O–H groups in total. The molecular formula is C13H19FN2OS. The Kier molecular flexibility index (Phi) is 5.98. The number of carbonyl (C=O) groups is 1. The predicted molar refractivity (Wildman–Crippen MR) is 76.2 cm³/mol. The molecule has 3 nitrogen and oxygen atoms in total. The maximum atomic E-state index is 12.8. The fourth-order valence-corrected chi connectivity index (χ4v) is 2.31. The first kappa shape index (κ1) is 14.8. The molecule has 100 valence electrons. The Morgan fingerprint density at radius 1 is 1.50 bits per heavy atom. The average Bonchev–Trinajstić information content (AvgIpc) is 2.28. The first-order valence-electron chi connectivity index (χ1n) is 5.91. The van der Waals surface area contributed by atoms with Gasteiger partial charge in [0.15, 0.2) is 0 Å². The maximum absolute atomic E-state index is 12.8. The van der Waals surface area contributed by atoms with Crippen molar-refractivity contribution in [3.63, 3.8) is 0 Å². The molecule has 0 saturated carbocycles. The third-order valence-corrected chi connectivity index (χ3v) is 3.61. The summed E-state index contributed by atoms with van der Waals surface area (Å²) in [6, 6.07) is 3.95. The van der Waals surface area contributed by atoms with Gasteiger partial charge >= 0.3 is 0 Å². The molecule has 1 aromatic rings. The predicted octanol–water partition coefficient (Wildman–Crippen LogP) is 3.13. The summed E-state index contributed by atoms with van der Waals surface area (Å²) in [5, 5.41) is 2.68. The zero-order valence-electron chi connectivity index (χ0n) is 10.7. The minimum absolute atomic E-state index is 0.0930. The third-order valence-electron chi connectivity index (χ3n) is 2.21. The van der Waals surface area contributed by atoms with Crippen molar-refractivity contribution < 1.29 is 9.18 Å². The minimum atomic E-state index is -0.405. The van der Waals surface area contributed by atoms with E-state index in [4.69, 9.17) is 5.73 Å². The Labute approximate surface area is 111 Å². The monoisotopic (exact) mass is 270 g/mol. The molecule has 1 aromatic carbocycles. The van der Waals surface area contributed by atoms with Gasteiger partial charge in [-0.2, -0.15) is 11.8 Å². The number of benzene rings is 1. The van der Waals surface area contributed by atoms with Crippen molar-refractivity contribution in [1.82, 2.24) is 0 Å². The number of rotatable bonds is 6. The van der Waals surface area contributed by atoms with Gasteiger partial charge in [-0.3, -0.25) is 4.79 Å². The first-order valence-corrected chi connectivity index (χ1v) is 7.07. The second-order valence-electron chi connectivity index (χ2n) is 4.50. The van der Waals surface area contributed by atoms with Crippen LogP contribution in [-0.2, 0) is 4.79 Å². The van der Waals surface area contributed by atoms with Crippen LogP contribution in [0.4, 0.5) is 15.8 Å². The van der Waals surface area contributed by atoms with Gasteiger partial charge in [-0.1, -0.05) is 13.8 Å². The van der Waals surface area contributed by atoms with Gasteiger partial charge in [0.05, 0.1) is 11.4 Å². The summed E-state index contributed by atoms with van der Waals surface area (Å²) in [7, 11) is 0. The molecule has 0 aromatic heterocycles. The minimum Gasteiger partial charge on any atom is -0.397 e. The summed E-state index contributed by atoms with van der Waals surface area (Å²) < 4.78 is 12.8. The van der Waals surface area contributed by atoms with Crippen LogP contribution in [0.1, 0.15) is 20.3 Å². The fraction of sp³-hybridized carbons (Fsp3) is 0.462. The van der Waals surface area contributed by atoms with Gasteiger partial charge in [-0.15, -0.1) is 0 Å². The lowest BCUT2D eigenvalue weighted by Crippen LogP contribution is -2.13.